The third-order valence-electron chi connectivity index (χ3n) is 4.94. The molecule has 0 fully saturated rings. The van der Waals surface area contributed by atoms with Gasteiger partial charge in [0, 0.05) is 12.8 Å². The molecule has 0 radical (unpaired) electrons. The SMILES string of the molecule is CCCCCCCC(=O)OC[C@H](Cn1cc[n+](C)c1)OC(=O)CCCCCCC. The second-order valence-electron chi connectivity index (χ2n) is 7.90. The summed E-state index contributed by atoms with van der Waals surface area (Å²) < 4.78 is 14.9. The van der Waals surface area contributed by atoms with E-state index in [-0.39, 0.29) is 18.5 Å². The zero-order valence-electron chi connectivity index (χ0n) is 18.7. The van der Waals surface area contributed by atoms with Crippen LogP contribution in [0.25, 0.3) is 0 Å². The van der Waals surface area contributed by atoms with Gasteiger partial charge in [0.25, 0.3) is 0 Å². The van der Waals surface area contributed by atoms with Crippen molar-refractivity contribution in [1.29, 1.82) is 0 Å². The Hall–Kier alpha value is -1.85. The highest BCUT2D eigenvalue weighted by Gasteiger charge is 2.20. The molecule has 1 aromatic rings. The Kier molecular flexibility index (Phi) is 13.9. The molecule has 0 unspecified atom stereocenters. The third kappa shape index (κ3) is 13.1. The molecule has 1 rings (SSSR count). The van der Waals surface area contributed by atoms with E-state index >= 15 is 0 Å². The van der Waals surface area contributed by atoms with Crippen LogP contribution in [0.2, 0.25) is 0 Å². The Morgan fingerprint density at radius 1 is 0.897 bits per heavy atom. The first-order valence-corrected chi connectivity index (χ1v) is 11.4. The highest BCUT2D eigenvalue weighted by Crippen LogP contribution is 2.09. The maximum Gasteiger partial charge on any atom is 0.306 e. The lowest BCUT2D eigenvalue weighted by atomic mass is 10.1. The molecule has 6 heteroatoms. The minimum Gasteiger partial charge on any atom is -0.462 e. The van der Waals surface area contributed by atoms with Crippen molar-refractivity contribution in [3.8, 4) is 0 Å². The average Bonchev–Trinajstić information content (AvgIpc) is 3.10. The number of carbonyl (C=O) groups excluding carboxylic acids is 2. The van der Waals surface area contributed by atoms with Gasteiger partial charge in [0.05, 0.1) is 7.05 Å². The number of aryl methyl sites for hydroxylation is 1. The molecule has 0 aliphatic rings. The van der Waals surface area contributed by atoms with Crippen molar-refractivity contribution >= 4 is 11.9 Å². The van der Waals surface area contributed by atoms with Crippen molar-refractivity contribution in [2.75, 3.05) is 6.61 Å². The van der Waals surface area contributed by atoms with Crippen molar-refractivity contribution in [3.05, 3.63) is 18.7 Å². The number of unbranched alkanes of at least 4 members (excludes halogenated alkanes) is 8. The van der Waals surface area contributed by atoms with Gasteiger partial charge in [-0.05, 0) is 12.8 Å². The van der Waals surface area contributed by atoms with E-state index in [4.69, 9.17) is 9.47 Å². The summed E-state index contributed by atoms with van der Waals surface area (Å²) in [6.07, 6.45) is 17.1. The summed E-state index contributed by atoms with van der Waals surface area (Å²) in [5.41, 5.74) is 0. The fourth-order valence-corrected chi connectivity index (χ4v) is 3.22. The largest absolute Gasteiger partial charge is 0.462 e. The molecule has 1 heterocycles. The van der Waals surface area contributed by atoms with Crippen LogP contribution in [0, 0.1) is 0 Å². The number of aromatic nitrogens is 2. The molecule has 0 bridgehead atoms. The lowest BCUT2D eigenvalue weighted by Crippen LogP contribution is -2.30. The number of nitrogens with zero attached hydrogens (tertiary/aromatic N) is 2. The van der Waals surface area contributed by atoms with Crippen molar-refractivity contribution in [3.63, 3.8) is 0 Å². The standard InChI is InChI=1S/C23H41N2O4/c1-4-6-8-10-12-14-22(26)28-19-21(18-25-17-16-24(3)20-25)29-23(27)15-13-11-9-7-5-2/h16-17,20-21H,4-15,18-19H2,1-3H3/q+1/t21-/m0/s1. The number of imidazole rings is 1. The van der Waals surface area contributed by atoms with Crippen LogP contribution in [0.3, 0.4) is 0 Å². The quantitative estimate of drug-likeness (QED) is 0.216. The monoisotopic (exact) mass is 409 g/mol. The first-order valence-electron chi connectivity index (χ1n) is 11.4. The molecule has 0 saturated heterocycles. The number of hydrogen-bond acceptors (Lipinski definition) is 4. The molecule has 0 aliphatic heterocycles. The fourth-order valence-electron chi connectivity index (χ4n) is 3.22. The molecule has 1 aromatic heterocycles. The summed E-state index contributed by atoms with van der Waals surface area (Å²) in [4.78, 5) is 24.2. The number of rotatable bonds is 17. The van der Waals surface area contributed by atoms with E-state index in [9.17, 15) is 9.59 Å². The van der Waals surface area contributed by atoms with E-state index in [1.807, 2.05) is 34.9 Å². The van der Waals surface area contributed by atoms with Gasteiger partial charge in [-0.1, -0.05) is 65.2 Å². The van der Waals surface area contributed by atoms with Crippen molar-refractivity contribution in [1.82, 2.24) is 4.57 Å². The van der Waals surface area contributed by atoms with Gasteiger partial charge in [-0.3, -0.25) is 9.59 Å². The minimum atomic E-state index is -0.463. The minimum absolute atomic E-state index is 0.108. The van der Waals surface area contributed by atoms with Crippen LogP contribution in [-0.4, -0.2) is 29.2 Å². The van der Waals surface area contributed by atoms with Crippen LogP contribution in [0.15, 0.2) is 18.7 Å². The van der Waals surface area contributed by atoms with Crippen LogP contribution >= 0.6 is 0 Å². The molecule has 0 saturated carbocycles. The van der Waals surface area contributed by atoms with Gasteiger partial charge in [-0.25, -0.2) is 9.13 Å². The molecule has 6 nitrogen and oxygen atoms in total. The van der Waals surface area contributed by atoms with E-state index in [0.29, 0.717) is 19.4 Å². The number of carbonyl (C=O) groups is 2. The van der Waals surface area contributed by atoms with Gasteiger partial charge in [0.1, 0.15) is 25.5 Å². The summed E-state index contributed by atoms with van der Waals surface area (Å²) in [5.74, 6) is -0.418. The Labute approximate surface area is 176 Å². The molecular weight excluding hydrogens is 368 g/mol. The van der Waals surface area contributed by atoms with Crippen LogP contribution in [0.1, 0.15) is 90.9 Å². The Bertz CT molecular complexity index is 571. The normalized spacial score (nSPS) is 12.0. The van der Waals surface area contributed by atoms with E-state index in [1.54, 1.807) is 0 Å². The molecular formula is C23H41N2O4+. The zero-order valence-corrected chi connectivity index (χ0v) is 18.7. The van der Waals surface area contributed by atoms with E-state index in [1.165, 1.54) is 25.7 Å². The van der Waals surface area contributed by atoms with E-state index < -0.39 is 6.10 Å². The predicted molar refractivity (Wildman–Crippen MR) is 113 cm³/mol. The van der Waals surface area contributed by atoms with Crippen LogP contribution in [0.4, 0.5) is 0 Å². The van der Waals surface area contributed by atoms with Gasteiger partial charge in [0.15, 0.2) is 6.10 Å². The summed E-state index contributed by atoms with van der Waals surface area (Å²) in [7, 11) is 1.94. The smallest absolute Gasteiger partial charge is 0.306 e. The molecule has 0 amide bonds. The summed E-state index contributed by atoms with van der Waals surface area (Å²) in [5, 5.41) is 0. The van der Waals surface area contributed by atoms with Gasteiger partial charge in [0.2, 0.25) is 6.33 Å². The fraction of sp³-hybridized carbons (Fsp3) is 0.783. The van der Waals surface area contributed by atoms with Crippen LogP contribution < -0.4 is 4.57 Å². The van der Waals surface area contributed by atoms with E-state index in [0.717, 1.165) is 38.5 Å². The Morgan fingerprint density at radius 2 is 1.48 bits per heavy atom. The number of ether oxygens (including phenoxy) is 2. The average molecular weight is 410 g/mol. The highest BCUT2D eigenvalue weighted by molar-refractivity contribution is 5.70. The highest BCUT2D eigenvalue weighted by atomic mass is 16.6. The molecule has 166 valence electrons. The van der Waals surface area contributed by atoms with Gasteiger partial charge < -0.3 is 9.47 Å². The topological polar surface area (TPSA) is 61.4 Å². The van der Waals surface area contributed by atoms with Gasteiger partial charge >= 0.3 is 11.9 Å². The molecule has 0 N–H and O–H groups in total. The Morgan fingerprint density at radius 3 is 2.03 bits per heavy atom. The van der Waals surface area contributed by atoms with E-state index in [2.05, 4.69) is 13.8 Å². The summed E-state index contributed by atoms with van der Waals surface area (Å²) >= 11 is 0. The number of hydrogen-bond donors (Lipinski definition) is 0. The third-order valence-corrected chi connectivity index (χ3v) is 4.94. The van der Waals surface area contributed by atoms with Crippen LogP contribution in [0.5, 0.6) is 0 Å². The van der Waals surface area contributed by atoms with Gasteiger partial charge in [-0.15, -0.1) is 0 Å². The molecule has 0 aromatic carbocycles. The summed E-state index contributed by atoms with van der Waals surface area (Å²) in [6, 6.07) is 0. The lowest BCUT2D eigenvalue weighted by molar-refractivity contribution is -0.671. The molecule has 1 atom stereocenters. The lowest BCUT2D eigenvalue weighted by Gasteiger charge is -2.16. The van der Waals surface area contributed by atoms with Gasteiger partial charge in [-0.2, -0.15) is 0 Å². The number of esters is 2. The second-order valence-corrected chi connectivity index (χ2v) is 7.90. The van der Waals surface area contributed by atoms with Crippen molar-refractivity contribution < 1.29 is 23.6 Å². The maximum absolute atomic E-state index is 12.2. The van der Waals surface area contributed by atoms with Crippen molar-refractivity contribution in [2.24, 2.45) is 7.05 Å². The molecule has 29 heavy (non-hydrogen) atoms. The molecule has 0 spiro atoms. The predicted octanol–water partition coefficient (Wildman–Crippen LogP) is 4.49. The Balaban J connectivity index is 2.40. The first kappa shape index (κ1) is 25.2. The molecule has 0 aliphatic carbocycles. The maximum atomic E-state index is 12.2. The van der Waals surface area contributed by atoms with Crippen LogP contribution in [-0.2, 0) is 32.7 Å². The first-order chi connectivity index (χ1) is 14.0. The van der Waals surface area contributed by atoms with Crippen molar-refractivity contribution in [2.45, 2.75) is 104 Å². The summed E-state index contributed by atoms with van der Waals surface area (Å²) in [6.45, 7) is 4.93. The zero-order chi connectivity index (χ0) is 21.3. The second kappa shape index (κ2) is 16.0.